The van der Waals surface area contributed by atoms with Crippen LogP contribution in [0.25, 0.3) is 11.3 Å². The number of pyridine rings is 1. The summed E-state index contributed by atoms with van der Waals surface area (Å²) in [5, 5.41) is 16.3. The number of halogens is 1. The molecule has 0 radical (unpaired) electrons. The first-order valence-electron chi connectivity index (χ1n) is 9.21. The smallest absolute Gasteiger partial charge is 0.225 e. The minimum Gasteiger partial charge on any atom is -0.394 e. The Morgan fingerprint density at radius 1 is 1.11 bits per heavy atom. The number of aromatic nitrogens is 3. The zero-order valence-corrected chi connectivity index (χ0v) is 17.5. The Bertz CT molecular complexity index is 904. The van der Waals surface area contributed by atoms with Gasteiger partial charge in [-0.25, -0.2) is 4.98 Å². The zero-order valence-electron chi connectivity index (χ0n) is 15.9. The van der Waals surface area contributed by atoms with Crippen molar-refractivity contribution in [3.05, 3.63) is 64.9 Å². The van der Waals surface area contributed by atoms with E-state index in [0.29, 0.717) is 18.3 Å². The fourth-order valence-corrected chi connectivity index (χ4v) is 3.11. The molecule has 2 heterocycles. The molecule has 28 heavy (non-hydrogen) atoms. The Morgan fingerprint density at radius 3 is 2.61 bits per heavy atom. The van der Waals surface area contributed by atoms with Crippen molar-refractivity contribution in [3.8, 4) is 11.3 Å². The molecule has 2 aromatic heterocycles. The molecule has 0 aliphatic heterocycles. The van der Waals surface area contributed by atoms with Crippen LogP contribution >= 0.6 is 15.9 Å². The highest BCUT2D eigenvalue weighted by molar-refractivity contribution is 9.10. The van der Waals surface area contributed by atoms with Crippen LogP contribution in [0.4, 0.5) is 11.8 Å². The van der Waals surface area contributed by atoms with Gasteiger partial charge in [0.05, 0.1) is 18.3 Å². The van der Waals surface area contributed by atoms with E-state index in [2.05, 4.69) is 47.6 Å². The normalized spacial score (nSPS) is 12.0. The van der Waals surface area contributed by atoms with E-state index in [-0.39, 0.29) is 18.6 Å². The van der Waals surface area contributed by atoms with E-state index in [4.69, 9.17) is 0 Å². The van der Waals surface area contributed by atoms with Crippen LogP contribution in [-0.4, -0.2) is 32.7 Å². The number of anilines is 2. The lowest BCUT2D eigenvalue weighted by molar-refractivity contribution is 0.248. The van der Waals surface area contributed by atoms with Crippen molar-refractivity contribution in [2.75, 3.05) is 17.2 Å². The fourth-order valence-electron chi connectivity index (χ4n) is 2.68. The summed E-state index contributed by atoms with van der Waals surface area (Å²) >= 11 is 3.57. The summed E-state index contributed by atoms with van der Waals surface area (Å²) in [5.74, 6) is 1.42. The van der Waals surface area contributed by atoms with Gasteiger partial charge in [-0.2, -0.15) is 4.98 Å². The molecule has 146 valence electrons. The van der Waals surface area contributed by atoms with Crippen molar-refractivity contribution in [1.82, 2.24) is 15.0 Å². The SMILES string of the molecule is CC(C)[C@@H](CO)Nc1nc(NCc2ccccc2Br)cc(-c2cccnc2)n1. The molecule has 0 bridgehead atoms. The Labute approximate surface area is 173 Å². The molecule has 0 saturated carbocycles. The average Bonchev–Trinajstić information content (AvgIpc) is 2.71. The lowest BCUT2D eigenvalue weighted by atomic mass is 10.1. The highest BCUT2D eigenvalue weighted by Crippen LogP contribution is 2.23. The molecular weight excluding hydrogens is 418 g/mol. The van der Waals surface area contributed by atoms with Gasteiger partial charge in [-0.1, -0.05) is 48.0 Å². The van der Waals surface area contributed by atoms with E-state index in [1.54, 1.807) is 12.4 Å². The molecule has 0 aliphatic carbocycles. The zero-order chi connectivity index (χ0) is 19.9. The molecular formula is C21H24BrN5O. The van der Waals surface area contributed by atoms with Gasteiger partial charge < -0.3 is 15.7 Å². The first-order chi connectivity index (χ1) is 13.6. The van der Waals surface area contributed by atoms with Crippen LogP contribution in [0.15, 0.2) is 59.3 Å². The van der Waals surface area contributed by atoms with Crippen molar-refractivity contribution in [1.29, 1.82) is 0 Å². The first-order valence-corrected chi connectivity index (χ1v) is 10.00. The number of hydrogen-bond donors (Lipinski definition) is 3. The molecule has 3 N–H and O–H groups in total. The summed E-state index contributed by atoms with van der Waals surface area (Å²) < 4.78 is 1.04. The third kappa shape index (κ3) is 5.27. The van der Waals surface area contributed by atoms with E-state index in [1.807, 2.05) is 50.2 Å². The summed E-state index contributed by atoms with van der Waals surface area (Å²) in [6.07, 6.45) is 3.51. The highest BCUT2D eigenvalue weighted by atomic mass is 79.9. The van der Waals surface area contributed by atoms with Crippen LogP contribution in [0.3, 0.4) is 0 Å². The van der Waals surface area contributed by atoms with Gasteiger partial charge in [0.1, 0.15) is 5.82 Å². The molecule has 7 heteroatoms. The standard InChI is InChI=1S/C21H24BrN5O/c1-14(2)19(13-28)26-21-25-18(16-7-5-9-23-11-16)10-20(27-21)24-12-15-6-3-4-8-17(15)22/h3-11,14,19,28H,12-13H2,1-2H3,(H2,24,25,26,27)/t19-/m1/s1. The van der Waals surface area contributed by atoms with Gasteiger partial charge in [-0.3, -0.25) is 4.98 Å². The molecule has 0 amide bonds. The maximum absolute atomic E-state index is 9.65. The molecule has 0 fully saturated rings. The Hall–Kier alpha value is -2.51. The maximum Gasteiger partial charge on any atom is 0.225 e. The molecule has 3 rings (SSSR count). The lowest BCUT2D eigenvalue weighted by Gasteiger charge is -2.20. The third-order valence-electron chi connectivity index (χ3n) is 4.42. The van der Waals surface area contributed by atoms with Crippen LogP contribution < -0.4 is 10.6 Å². The Kier molecular flexibility index (Phi) is 6.95. The number of nitrogens with one attached hydrogen (secondary N) is 2. The molecule has 0 saturated heterocycles. The molecule has 0 aliphatic rings. The van der Waals surface area contributed by atoms with Gasteiger partial charge in [0, 0.05) is 35.0 Å². The molecule has 0 unspecified atom stereocenters. The van der Waals surface area contributed by atoms with E-state index in [0.717, 1.165) is 21.3 Å². The van der Waals surface area contributed by atoms with Gasteiger partial charge in [0.15, 0.2) is 0 Å². The second kappa shape index (κ2) is 9.61. The van der Waals surface area contributed by atoms with Crippen molar-refractivity contribution in [3.63, 3.8) is 0 Å². The summed E-state index contributed by atoms with van der Waals surface area (Å²) in [4.78, 5) is 13.4. The van der Waals surface area contributed by atoms with E-state index in [9.17, 15) is 5.11 Å². The van der Waals surface area contributed by atoms with Crippen molar-refractivity contribution in [2.45, 2.75) is 26.4 Å². The summed E-state index contributed by atoms with van der Waals surface area (Å²) in [6.45, 7) is 4.73. The third-order valence-corrected chi connectivity index (χ3v) is 5.19. The molecule has 1 aromatic carbocycles. The van der Waals surface area contributed by atoms with Crippen molar-refractivity contribution < 1.29 is 5.11 Å². The van der Waals surface area contributed by atoms with Gasteiger partial charge in [0.25, 0.3) is 0 Å². The number of nitrogens with zero attached hydrogens (tertiary/aromatic N) is 3. The van der Waals surface area contributed by atoms with Crippen LogP contribution in [0.2, 0.25) is 0 Å². The molecule has 3 aromatic rings. The number of aliphatic hydroxyl groups is 1. The van der Waals surface area contributed by atoms with Gasteiger partial charge in [-0.15, -0.1) is 0 Å². The first kappa shape index (κ1) is 20.2. The minimum absolute atomic E-state index is 0.0118. The van der Waals surface area contributed by atoms with Gasteiger partial charge in [0.2, 0.25) is 5.95 Å². The fraction of sp³-hybridized carbons (Fsp3) is 0.286. The Balaban J connectivity index is 1.89. The number of aliphatic hydroxyl groups excluding tert-OH is 1. The largest absolute Gasteiger partial charge is 0.394 e. The van der Waals surface area contributed by atoms with E-state index >= 15 is 0 Å². The lowest BCUT2D eigenvalue weighted by Crippen LogP contribution is -2.30. The summed E-state index contributed by atoms with van der Waals surface area (Å²) in [6, 6.07) is 13.7. The second-order valence-electron chi connectivity index (χ2n) is 6.83. The van der Waals surface area contributed by atoms with Crippen LogP contribution in [-0.2, 0) is 6.54 Å². The average molecular weight is 442 g/mol. The molecule has 1 atom stereocenters. The van der Waals surface area contributed by atoms with Crippen molar-refractivity contribution >= 4 is 27.7 Å². The van der Waals surface area contributed by atoms with Gasteiger partial charge in [-0.05, 0) is 29.7 Å². The number of hydrogen-bond acceptors (Lipinski definition) is 6. The van der Waals surface area contributed by atoms with Crippen molar-refractivity contribution in [2.24, 2.45) is 5.92 Å². The van der Waals surface area contributed by atoms with E-state index < -0.39 is 0 Å². The number of benzene rings is 1. The maximum atomic E-state index is 9.65. The van der Waals surface area contributed by atoms with Crippen LogP contribution in [0, 0.1) is 5.92 Å². The van der Waals surface area contributed by atoms with E-state index in [1.165, 1.54) is 0 Å². The molecule has 0 spiro atoms. The highest BCUT2D eigenvalue weighted by Gasteiger charge is 2.15. The van der Waals surface area contributed by atoms with Crippen LogP contribution in [0.1, 0.15) is 19.4 Å². The number of rotatable bonds is 8. The topological polar surface area (TPSA) is 83.0 Å². The molecule has 6 nitrogen and oxygen atoms in total. The Morgan fingerprint density at radius 2 is 1.93 bits per heavy atom. The minimum atomic E-state index is -0.125. The summed E-state index contributed by atoms with van der Waals surface area (Å²) in [5.41, 5.74) is 2.80. The predicted molar refractivity (Wildman–Crippen MR) is 116 cm³/mol. The summed E-state index contributed by atoms with van der Waals surface area (Å²) in [7, 11) is 0. The van der Waals surface area contributed by atoms with Gasteiger partial charge >= 0.3 is 0 Å². The second-order valence-corrected chi connectivity index (χ2v) is 7.68. The van der Waals surface area contributed by atoms with Crippen LogP contribution in [0.5, 0.6) is 0 Å². The quantitative estimate of drug-likeness (QED) is 0.482. The predicted octanol–water partition coefficient (Wildman–Crippen LogP) is 4.34. The monoisotopic (exact) mass is 441 g/mol.